The number of rotatable bonds is 4. The SMILES string of the molecule is C=C(Nc1ccc(CC)c(C)c1)C1CCCCC1. The molecule has 1 aliphatic rings. The second-order valence-electron chi connectivity index (χ2n) is 5.48. The number of benzene rings is 1. The third-order valence-electron chi connectivity index (χ3n) is 4.13. The maximum Gasteiger partial charge on any atom is 0.0384 e. The molecule has 1 fully saturated rings. The molecule has 98 valence electrons. The molecule has 1 nitrogen and oxygen atoms in total. The van der Waals surface area contributed by atoms with Gasteiger partial charge in [-0.2, -0.15) is 0 Å². The molecule has 0 radical (unpaired) electrons. The molecular weight excluding hydrogens is 218 g/mol. The topological polar surface area (TPSA) is 12.0 Å². The van der Waals surface area contributed by atoms with Gasteiger partial charge in [-0.25, -0.2) is 0 Å². The third-order valence-corrected chi connectivity index (χ3v) is 4.13. The van der Waals surface area contributed by atoms with E-state index in [1.54, 1.807) is 0 Å². The van der Waals surface area contributed by atoms with E-state index in [0.29, 0.717) is 5.92 Å². The number of anilines is 1. The van der Waals surface area contributed by atoms with Gasteiger partial charge in [0, 0.05) is 11.4 Å². The summed E-state index contributed by atoms with van der Waals surface area (Å²) >= 11 is 0. The van der Waals surface area contributed by atoms with Gasteiger partial charge in [0.05, 0.1) is 0 Å². The van der Waals surface area contributed by atoms with E-state index < -0.39 is 0 Å². The first-order chi connectivity index (χ1) is 8.70. The van der Waals surface area contributed by atoms with Crippen molar-refractivity contribution in [3.05, 3.63) is 41.6 Å². The van der Waals surface area contributed by atoms with Gasteiger partial charge >= 0.3 is 0 Å². The van der Waals surface area contributed by atoms with Crippen molar-refractivity contribution in [1.29, 1.82) is 0 Å². The summed E-state index contributed by atoms with van der Waals surface area (Å²) in [6.07, 6.45) is 7.83. The molecule has 0 atom stereocenters. The van der Waals surface area contributed by atoms with E-state index in [9.17, 15) is 0 Å². The van der Waals surface area contributed by atoms with Gasteiger partial charge in [-0.3, -0.25) is 0 Å². The van der Waals surface area contributed by atoms with Gasteiger partial charge in [0.1, 0.15) is 0 Å². The molecule has 18 heavy (non-hydrogen) atoms. The van der Waals surface area contributed by atoms with Crippen LogP contribution < -0.4 is 5.32 Å². The molecule has 0 unspecified atom stereocenters. The standard InChI is InChI=1S/C17H25N/c1-4-15-10-11-17(12-13(15)2)18-14(3)16-8-6-5-7-9-16/h10-12,16,18H,3-9H2,1-2H3. The highest BCUT2D eigenvalue weighted by Gasteiger charge is 2.16. The van der Waals surface area contributed by atoms with Crippen LogP contribution in [0.15, 0.2) is 30.5 Å². The third kappa shape index (κ3) is 3.16. The maximum atomic E-state index is 4.23. The fourth-order valence-electron chi connectivity index (χ4n) is 2.91. The minimum absolute atomic E-state index is 0.671. The molecule has 0 spiro atoms. The van der Waals surface area contributed by atoms with E-state index in [2.05, 4.69) is 43.9 Å². The van der Waals surface area contributed by atoms with Crippen LogP contribution in [-0.4, -0.2) is 0 Å². The van der Waals surface area contributed by atoms with Crippen LogP contribution in [0.5, 0.6) is 0 Å². The summed E-state index contributed by atoms with van der Waals surface area (Å²) in [5.41, 5.74) is 5.21. The number of hydrogen-bond donors (Lipinski definition) is 1. The molecule has 1 aromatic rings. The first kappa shape index (κ1) is 13.2. The fourth-order valence-corrected chi connectivity index (χ4v) is 2.91. The molecule has 2 rings (SSSR count). The molecule has 0 saturated heterocycles. The van der Waals surface area contributed by atoms with Gasteiger partial charge in [-0.1, -0.05) is 38.8 Å². The average molecular weight is 243 g/mol. The Kier molecular flexibility index (Phi) is 4.46. The van der Waals surface area contributed by atoms with E-state index in [1.165, 1.54) is 54.6 Å². The molecule has 0 aromatic heterocycles. The van der Waals surface area contributed by atoms with E-state index in [4.69, 9.17) is 0 Å². The van der Waals surface area contributed by atoms with Crippen molar-refractivity contribution in [2.45, 2.75) is 52.4 Å². The summed E-state index contributed by atoms with van der Waals surface area (Å²) in [6, 6.07) is 6.65. The molecule has 1 saturated carbocycles. The smallest absolute Gasteiger partial charge is 0.0384 e. The van der Waals surface area contributed by atoms with Crippen LogP contribution >= 0.6 is 0 Å². The molecule has 0 aliphatic heterocycles. The minimum Gasteiger partial charge on any atom is -0.359 e. The first-order valence-electron chi connectivity index (χ1n) is 7.26. The summed E-state index contributed by atoms with van der Waals surface area (Å²) in [5, 5.41) is 3.51. The normalized spacial score (nSPS) is 16.6. The Morgan fingerprint density at radius 3 is 2.61 bits per heavy atom. The lowest BCUT2D eigenvalue weighted by Crippen LogP contribution is -2.14. The van der Waals surface area contributed by atoms with Crippen molar-refractivity contribution in [2.24, 2.45) is 5.92 Å². The van der Waals surface area contributed by atoms with E-state index in [-0.39, 0.29) is 0 Å². The lowest BCUT2D eigenvalue weighted by Gasteiger charge is -2.25. The van der Waals surface area contributed by atoms with Crippen LogP contribution in [0.2, 0.25) is 0 Å². The summed E-state index contributed by atoms with van der Waals surface area (Å²) in [4.78, 5) is 0. The van der Waals surface area contributed by atoms with E-state index in [1.807, 2.05) is 0 Å². The zero-order chi connectivity index (χ0) is 13.0. The number of allylic oxidation sites excluding steroid dienone is 1. The Morgan fingerprint density at radius 1 is 1.28 bits per heavy atom. The van der Waals surface area contributed by atoms with Gasteiger partial charge in [0.2, 0.25) is 0 Å². The Labute approximate surface area is 111 Å². The maximum absolute atomic E-state index is 4.23. The highest BCUT2D eigenvalue weighted by Crippen LogP contribution is 2.29. The Balaban J connectivity index is 2.00. The van der Waals surface area contributed by atoms with Crippen LogP contribution in [0.1, 0.15) is 50.2 Å². The largest absolute Gasteiger partial charge is 0.359 e. The van der Waals surface area contributed by atoms with Crippen LogP contribution in [-0.2, 0) is 6.42 Å². The predicted molar refractivity (Wildman–Crippen MR) is 79.9 cm³/mol. The quantitative estimate of drug-likeness (QED) is 0.779. The monoisotopic (exact) mass is 243 g/mol. The van der Waals surface area contributed by atoms with Crippen LogP contribution in [0.25, 0.3) is 0 Å². The van der Waals surface area contributed by atoms with Gasteiger partial charge in [-0.05, 0) is 55.4 Å². The van der Waals surface area contributed by atoms with E-state index >= 15 is 0 Å². The number of hydrogen-bond acceptors (Lipinski definition) is 1. The Bertz CT molecular complexity index is 414. The van der Waals surface area contributed by atoms with Gasteiger partial charge in [0.15, 0.2) is 0 Å². The molecule has 0 amide bonds. The van der Waals surface area contributed by atoms with Crippen LogP contribution in [0.3, 0.4) is 0 Å². The Morgan fingerprint density at radius 2 is 2.00 bits per heavy atom. The zero-order valence-electron chi connectivity index (χ0n) is 11.8. The van der Waals surface area contributed by atoms with Crippen molar-refractivity contribution in [2.75, 3.05) is 5.32 Å². The highest BCUT2D eigenvalue weighted by molar-refractivity contribution is 5.52. The lowest BCUT2D eigenvalue weighted by molar-refractivity contribution is 0.405. The zero-order valence-corrected chi connectivity index (χ0v) is 11.8. The predicted octanol–water partition coefficient (Wildman–Crippen LogP) is 5.06. The summed E-state index contributed by atoms with van der Waals surface area (Å²) < 4.78 is 0. The summed E-state index contributed by atoms with van der Waals surface area (Å²) in [5.74, 6) is 0.671. The van der Waals surface area contributed by atoms with E-state index in [0.717, 1.165) is 6.42 Å². The number of nitrogens with one attached hydrogen (secondary N) is 1. The van der Waals surface area contributed by atoms with Gasteiger partial charge in [0.25, 0.3) is 0 Å². The minimum atomic E-state index is 0.671. The molecule has 1 aromatic carbocycles. The van der Waals surface area contributed by atoms with Crippen LogP contribution in [0, 0.1) is 12.8 Å². The van der Waals surface area contributed by atoms with Gasteiger partial charge < -0.3 is 5.32 Å². The highest BCUT2D eigenvalue weighted by atomic mass is 14.9. The van der Waals surface area contributed by atoms with Crippen molar-refractivity contribution < 1.29 is 0 Å². The molecule has 0 heterocycles. The lowest BCUT2D eigenvalue weighted by atomic mass is 9.87. The molecule has 1 aliphatic carbocycles. The van der Waals surface area contributed by atoms with Gasteiger partial charge in [-0.15, -0.1) is 0 Å². The summed E-state index contributed by atoms with van der Waals surface area (Å²) in [6.45, 7) is 8.63. The van der Waals surface area contributed by atoms with Crippen molar-refractivity contribution in [3.8, 4) is 0 Å². The molecule has 1 heteroatoms. The van der Waals surface area contributed by atoms with Crippen molar-refractivity contribution in [3.63, 3.8) is 0 Å². The van der Waals surface area contributed by atoms with Crippen molar-refractivity contribution in [1.82, 2.24) is 0 Å². The first-order valence-corrected chi connectivity index (χ1v) is 7.26. The Hall–Kier alpha value is -1.24. The molecule has 0 bridgehead atoms. The molecule has 1 N–H and O–H groups in total. The second-order valence-corrected chi connectivity index (χ2v) is 5.48. The van der Waals surface area contributed by atoms with Crippen molar-refractivity contribution >= 4 is 5.69 Å². The summed E-state index contributed by atoms with van der Waals surface area (Å²) in [7, 11) is 0. The number of aryl methyl sites for hydroxylation is 2. The average Bonchev–Trinajstić information content (AvgIpc) is 2.40. The fraction of sp³-hybridized carbons (Fsp3) is 0.529. The second kappa shape index (κ2) is 6.08. The van der Waals surface area contributed by atoms with Crippen LogP contribution in [0.4, 0.5) is 5.69 Å². The molecular formula is C17H25N.